The SMILES string of the molecule is CC(C)(C)OC(=O)N1CCC[C@@H]2C(=O)C(C)(C)[C@H]21. The van der Waals surface area contributed by atoms with Crippen molar-refractivity contribution in [1.82, 2.24) is 4.90 Å². The van der Waals surface area contributed by atoms with E-state index in [0.717, 1.165) is 12.8 Å². The highest BCUT2D eigenvalue weighted by Crippen LogP contribution is 2.49. The molecule has 1 aliphatic heterocycles. The van der Waals surface area contributed by atoms with Crippen molar-refractivity contribution in [3.63, 3.8) is 0 Å². The maximum Gasteiger partial charge on any atom is 0.410 e. The van der Waals surface area contributed by atoms with Gasteiger partial charge in [0.1, 0.15) is 11.4 Å². The zero-order chi connectivity index (χ0) is 13.7. The van der Waals surface area contributed by atoms with Crippen molar-refractivity contribution in [2.24, 2.45) is 11.3 Å². The molecule has 0 aromatic rings. The van der Waals surface area contributed by atoms with E-state index in [9.17, 15) is 9.59 Å². The normalized spacial score (nSPS) is 30.5. The minimum absolute atomic E-state index is 0.0219. The lowest BCUT2D eigenvalue weighted by Gasteiger charge is -2.56. The van der Waals surface area contributed by atoms with Crippen LogP contribution >= 0.6 is 0 Å². The minimum Gasteiger partial charge on any atom is -0.444 e. The van der Waals surface area contributed by atoms with Gasteiger partial charge in [0.15, 0.2) is 0 Å². The molecular formula is C14H23NO3. The van der Waals surface area contributed by atoms with Crippen LogP contribution in [0.1, 0.15) is 47.5 Å². The predicted octanol–water partition coefficient (Wildman–Crippen LogP) is 2.61. The number of likely N-dealkylation sites (tertiary alicyclic amines) is 1. The molecule has 0 radical (unpaired) electrons. The van der Waals surface area contributed by atoms with Crippen LogP contribution in [0.25, 0.3) is 0 Å². The Morgan fingerprint density at radius 2 is 2.00 bits per heavy atom. The third-order valence-electron chi connectivity index (χ3n) is 3.97. The maximum absolute atomic E-state index is 12.2. The van der Waals surface area contributed by atoms with Crippen LogP contribution in [0.3, 0.4) is 0 Å². The fraction of sp³-hybridized carbons (Fsp3) is 0.857. The Hall–Kier alpha value is -1.06. The summed E-state index contributed by atoms with van der Waals surface area (Å²) in [6, 6.07) is 0.0219. The van der Waals surface area contributed by atoms with Crippen molar-refractivity contribution in [2.75, 3.05) is 6.54 Å². The van der Waals surface area contributed by atoms with Crippen molar-refractivity contribution in [2.45, 2.75) is 59.1 Å². The fourth-order valence-electron chi connectivity index (χ4n) is 3.22. The molecule has 2 atom stereocenters. The summed E-state index contributed by atoms with van der Waals surface area (Å²) in [5.41, 5.74) is -0.899. The zero-order valence-corrected chi connectivity index (χ0v) is 11.9. The molecule has 0 aromatic carbocycles. The molecule has 0 spiro atoms. The molecule has 0 bridgehead atoms. The lowest BCUT2D eigenvalue weighted by atomic mass is 9.55. The third-order valence-corrected chi connectivity index (χ3v) is 3.97. The van der Waals surface area contributed by atoms with Crippen LogP contribution in [-0.4, -0.2) is 35.0 Å². The molecule has 2 fully saturated rings. The molecule has 1 saturated carbocycles. The van der Waals surface area contributed by atoms with Gasteiger partial charge in [-0.15, -0.1) is 0 Å². The van der Waals surface area contributed by atoms with Crippen molar-refractivity contribution in [1.29, 1.82) is 0 Å². The summed E-state index contributed by atoms with van der Waals surface area (Å²) in [4.78, 5) is 25.9. The van der Waals surface area contributed by atoms with Crippen LogP contribution in [0.4, 0.5) is 4.79 Å². The topological polar surface area (TPSA) is 46.6 Å². The number of nitrogens with zero attached hydrogens (tertiary/aromatic N) is 1. The van der Waals surface area contributed by atoms with E-state index in [-0.39, 0.29) is 18.1 Å². The molecule has 2 rings (SSSR count). The highest BCUT2D eigenvalue weighted by Gasteiger charge is 2.60. The largest absolute Gasteiger partial charge is 0.444 e. The number of hydrogen-bond acceptors (Lipinski definition) is 3. The Balaban J connectivity index is 2.14. The maximum atomic E-state index is 12.2. The summed E-state index contributed by atoms with van der Waals surface area (Å²) in [6.07, 6.45) is 1.52. The van der Waals surface area contributed by atoms with Crippen molar-refractivity contribution in [3.05, 3.63) is 0 Å². The summed E-state index contributed by atoms with van der Waals surface area (Å²) < 4.78 is 5.43. The second-order valence-corrected chi connectivity index (χ2v) is 6.95. The fourth-order valence-corrected chi connectivity index (χ4v) is 3.22. The lowest BCUT2D eigenvalue weighted by Crippen LogP contribution is -2.69. The molecule has 1 saturated heterocycles. The Morgan fingerprint density at radius 1 is 1.39 bits per heavy atom. The smallest absolute Gasteiger partial charge is 0.410 e. The molecule has 1 heterocycles. The van der Waals surface area contributed by atoms with Crippen LogP contribution in [0, 0.1) is 11.3 Å². The number of piperidine rings is 1. The molecule has 4 heteroatoms. The van der Waals surface area contributed by atoms with E-state index in [1.54, 1.807) is 4.90 Å². The first kappa shape index (κ1) is 13.4. The van der Waals surface area contributed by atoms with Gasteiger partial charge in [-0.3, -0.25) is 4.79 Å². The summed E-state index contributed by atoms with van der Waals surface area (Å²) in [7, 11) is 0. The van der Waals surface area contributed by atoms with Crippen LogP contribution < -0.4 is 0 Å². The molecule has 2 aliphatic rings. The monoisotopic (exact) mass is 253 g/mol. The highest BCUT2D eigenvalue weighted by atomic mass is 16.6. The van der Waals surface area contributed by atoms with E-state index in [1.165, 1.54) is 0 Å². The Morgan fingerprint density at radius 3 is 2.56 bits per heavy atom. The van der Waals surface area contributed by atoms with Crippen molar-refractivity contribution < 1.29 is 14.3 Å². The van der Waals surface area contributed by atoms with Gasteiger partial charge >= 0.3 is 6.09 Å². The van der Waals surface area contributed by atoms with Gasteiger partial charge in [0.25, 0.3) is 0 Å². The quantitative estimate of drug-likeness (QED) is 0.666. The van der Waals surface area contributed by atoms with Gasteiger partial charge in [0.2, 0.25) is 0 Å². The zero-order valence-electron chi connectivity index (χ0n) is 11.9. The molecule has 1 aliphatic carbocycles. The Bertz CT molecular complexity index is 381. The summed E-state index contributed by atoms with van der Waals surface area (Å²) in [5, 5.41) is 0. The molecule has 102 valence electrons. The molecule has 0 N–H and O–H groups in total. The van der Waals surface area contributed by atoms with Crippen LogP contribution in [0.5, 0.6) is 0 Å². The molecule has 1 amide bonds. The van der Waals surface area contributed by atoms with Gasteiger partial charge in [-0.1, -0.05) is 13.8 Å². The van der Waals surface area contributed by atoms with Gasteiger partial charge in [-0.25, -0.2) is 4.79 Å². The number of carbonyl (C=O) groups is 2. The number of ketones is 1. The number of rotatable bonds is 0. The number of ether oxygens (including phenoxy) is 1. The van der Waals surface area contributed by atoms with Gasteiger partial charge < -0.3 is 9.64 Å². The van der Waals surface area contributed by atoms with Gasteiger partial charge in [-0.05, 0) is 33.6 Å². The van der Waals surface area contributed by atoms with Gasteiger partial charge in [0, 0.05) is 17.9 Å². The second kappa shape index (κ2) is 3.97. The van der Waals surface area contributed by atoms with E-state index < -0.39 is 11.0 Å². The average Bonchev–Trinajstić information content (AvgIpc) is 2.25. The molecule has 4 nitrogen and oxygen atoms in total. The molecule has 18 heavy (non-hydrogen) atoms. The number of Topliss-reactive ketones (excluding diaryl/α,β-unsaturated/α-hetero) is 1. The lowest BCUT2D eigenvalue weighted by molar-refractivity contribution is -0.160. The second-order valence-electron chi connectivity index (χ2n) is 6.95. The first-order valence-corrected chi connectivity index (χ1v) is 6.68. The van der Waals surface area contributed by atoms with E-state index in [4.69, 9.17) is 4.74 Å². The summed E-state index contributed by atoms with van der Waals surface area (Å²) in [5.74, 6) is 0.321. The number of amides is 1. The van der Waals surface area contributed by atoms with Gasteiger partial charge in [0.05, 0.1) is 6.04 Å². The average molecular weight is 253 g/mol. The summed E-state index contributed by atoms with van der Waals surface area (Å²) >= 11 is 0. The Kier molecular flexibility index (Phi) is 2.95. The molecular weight excluding hydrogens is 230 g/mol. The third kappa shape index (κ3) is 2.02. The van der Waals surface area contributed by atoms with Crippen LogP contribution in [-0.2, 0) is 9.53 Å². The standard InChI is InChI=1S/C14H23NO3/c1-13(2,3)18-12(17)15-8-6-7-9-10(15)14(4,5)11(9)16/h9-10H,6-8H2,1-5H3/t9-,10-/m0/s1. The van der Waals surface area contributed by atoms with Crippen molar-refractivity contribution in [3.8, 4) is 0 Å². The minimum atomic E-state index is -0.484. The van der Waals surface area contributed by atoms with E-state index in [0.29, 0.717) is 12.3 Å². The Labute approximate surface area is 109 Å². The van der Waals surface area contributed by atoms with Crippen molar-refractivity contribution >= 4 is 11.9 Å². The summed E-state index contributed by atoms with van der Waals surface area (Å²) in [6.45, 7) is 10.2. The van der Waals surface area contributed by atoms with E-state index in [1.807, 2.05) is 34.6 Å². The number of carbonyl (C=O) groups excluding carboxylic acids is 2. The van der Waals surface area contributed by atoms with Crippen LogP contribution in [0.2, 0.25) is 0 Å². The van der Waals surface area contributed by atoms with E-state index >= 15 is 0 Å². The first-order chi connectivity index (χ1) is 8.14. The first-order valence-electron chi connectivity index (χ1n) is 6.68. The number of fused-ring (bicyclic) bond motifs is 1. The molecule has 0 unspecified atom stereocenters. The number of hydrogen-bond donors (Lipinski definition) is 0. The predicted molar refractivity (Wildman–Crippen MR) is 68.2 cm³/mol. The van der Waals surface area contributed by atoms with E-state index in [2.05, 4.69) is 0 Å². The highest BCUT2D eigenvalue weighted by molar-refractivity contribution is 5.95. The van der Waals surface area contributed by atoms with Gasteiger partial charge in [-0.2, -0.15) is 0 Å². The molecule has 0 aromatic heterocycles. The van der Waals surface area contributed by atoms with Crippen LogP contribution in [0.15, 0.2) is 0 Å².